The molecular weight excluding hydrogens is 359 g/mol. The van der Waals surface area contributed by atoms with Crippen LogP contribution < -0.4 is 0 Å². The Balaban J connectivity index is 2.31. The minimum atomic E-state index is -0.392. The van der Waals surface area contributed by atoms with Crippen LogP contribution in [-0.4, -0.2) is 15.6 Å². The van der Waals surface area contributed by atoms with Crippen molar-refractivity contribution in [2.45, 2.75) is 33.2 Å². The van der Waals surface area contributed by atoms with E-state index >= 15 is 0 Å². The number of aromatic nitrogens is 2. The second-order valence-corrected chi connectivity index (χ2v) is 5.84. The van der Waals surface area contributed by atoms with Gasteiger partial charge in [0.1, 0.15) is 5.82 Å². The van der Waals surface area contributed by atoms with Gasteiger partial charge in [0.05, 0.1) is 27.3 Å². The van der Waals surface area contributed by atoms with Crippen molar-refractivity contribution < 1.29 is 9.18 Å². The van der Waals surface area contributed by atoms with Crippen LogP contribution in [0.3, 0.4) is 0 Å². The van der Waals surface area contributed by atoms with Crippen molar-refractivity contribution in [2.24, 2.45) is 0 Å². The van der Waals surface area contributed by atoms with Crippen LogP contribution in [0.25, 0.3) is 0 Å². The summed E-state index contributed by atoms with van der Waals surface area (Å²) >= 11 is 9.38. The molecule has 3 nitrogen and oxygen atoms in total. The number of rotatable bonds is 5. The van der Waals surface area contributed by atoms with Crippen molar-refractivity contribution in [3.63, 3.8) is 0 Å². The molecule has 0 radical (unpaired) electrons. The van der Waals surface area contributed by atoms with E-state index in [9.17, 15) is 9.18 Å². The molecule has 1 aromatic heterocycles. The molecule has 1 aromatic carbocycles. The normalized spacial score (nSPS) is 10.9. The summed E-state index contributed by atoms with van der Waals surface area (Å²) in [5.74, 6) is -0.508. The van der Waals surface area contributed by atoms with Gasteiger partial charge >= 0.3 is 0 Å². The highest BCUT2D eigenvalue weighted by Gasteiger charge is 2.18. The highest BCUT2D eigenvalue weighted by atomic mass is 79.9. The number of aryl methyl sites for hydroxylation is 2. The zero-order valence-electron chi connectivity index (χ0n) is 11.8. The maximum Gasteiger partial charge on any atom is 0.168 e. The van der Waals surface area contributed by atoms with E-state index in [2.05, 4.69) is 21.0 Å². The standard InChI is InChI=1S/C15H15BrClFN2O/c1-3-12-15(17)13(20(4-2)19-12)8-14(21)9-5-6-11(18)10(16)7-9/h5-7H,3-4,8H2,1-2H3. The summed E-state index contributed by atoms with van der Waals surface area (Å²) in [4.78, 5) is 12.4. The minimum absolute atomic E-state index is 0.116. The molecule has 0 amide bonds. The molecule has 0 aliphatic heterocycles. The van der Waals surface area contributed by atoms with Gasteiger partial charge in [-0.15, -0.1) is 0 Å². The lowest BCUT2D eigenvalue weighted by Gasteiger charge is -2.06. The Hall–Kier alpha value is -1.20. The quantitative estimate of drug-likeness (QED) is 0.726. The molecule has 2 aromatic rings. The van der Waals surface area contributed by atoms with E-state index in [0.717, 1.165) is 12.1 Å². The molecule has 0 atom stereocenters. The van der Waals surface area contributed by atoms with Crippen LogP contribution in [0.2, 0.25) is 5.02 Å². The Morgan fingerprint density at radius 2 is 2.14 bits per heavy atom. The molecule has 0 unspecified atom stereocenters. The minimum Gasteiger partial charge on any atom is -0.294 e. The fourth-order valence-corrected chi connectivity index (χ4v) is 2.82. The smallest absolute Gasteiger partial charge is 0.168 e. The van der Waals surface area contributed by atoms with Gasteiger partial charge < -0.3 is 0 Å². The average Bonchev–Trinajstić information content (AvgIpc) is 2.78. The highest BCUT2D eigenvalue weighted by Crippen LogP contribution is 2.24. The zero-order valence-corrected chi connectivity index (χ0v) is 14.1. The van der Waals surface area contributed by atoms with Gasteiger partial charge in [0.2, 0.25) is 0 Å². The molecule has 0 saturated heterocycles. The van der Waals surface area contributed by atoms with Crippen molar-refractivity contribution in [3.8, 4) is 0 Å². The number of Topliss-reactive ketones (excluding diaryl/α,β-unsaturated/α-hetero) is 1. The molecule has 1 heterocycles. The summed E-state index contributed by atoms with van der Waals surface area (Å²) in [6, 6.07) is 4.23. The van der Waals surface area contributed by atoms with E-state index in [-0.39, 0.29) is 16.7 Å². The van der Waals surface area contributed by atoms with E-state index in [1.54, 1.807) is 4.68 Å². The summed E-state index contributed by atoms with van der Waals surface area (Å²) in [6.07, 6.45) is 0.868. The number of carbonyl (C=O) groups is 1. The molecule has 0 saturated carbocycles. The molecule has 0 aliphatic carbocycles. The third-order valence-electron chi connectivity index (χ3n) is 3.26. The van der Waals surface area contributed by atoms with Crippen molar-refractivity contribution in [1.29, 1.82) is 0 Å². The summed E-state index contributed by atoms with van der Waals surface area (Å²) in [6.45, 7) is 4.57. The lowest BCUT2D eigenvalue weighted by molar-refractivity contribution is 0.0990. The number of carbonyl (C=O) groups excluding carboxylic acids is 1. The monoisotopic (exact) mass is 372 g/mol. The first-order chi connectivity index (χ1) is 9.97. The highest BCUT2D eigenvalue weighted by molar-refractivity contribution is 9.10. The van der Waals surface area contributed by atoms with Gasteiger partial charge in [0, 0.05) is 12.1 Å². The molecule has 112 valence electrons. The predicted octanol–water partition coefficient (Wildman–Crippen LogP) is 4.45. The molecular formula is C15H15BrClFN2O. The molecule has 0 spiro atoms. The van der Waals surface area contributed by atoms with Gasteiger partial charge in [-0.1, -0.05) is 18.5 Å². The Morgan fingerprint density at radius 1 is 1.43 bits per heavy atom. The van der Waals surface area contributed by atoms with Crippen LogP contribution in [0.15, 0.2) is 22.7 Å². The van der Waals surface area contributed by atoms with E-state index in [0.29, 0.717) is 22.8 Å². The van der Waals surface area contributed by atoms with Gasteiger partial charge in [0.15, 0.2) is 5.78 Å². The maximum atomic E-state index is 13.2. The van der Waals surface area contributed by atoms with E-state index in [1.165, 1.54) is 18.2 Å². The lowest BCUT2D eigenvalue weighted by atomic mass is 10.1. The Morgan fingerprint density at radius 3 is 2.71 bits per heavy atom. The Labute approximate surface area is 136 Å². The molecule has 0 aliphatic rings. The summed E-state index contributed by atoms with van der Waals surface area (Å²) < 4.78 is 15.3. The van der Waals surface area contributed by atoms with Crippen molar-refractivity contribution in [3.05, 3.63) is 50.5 Å². The molecule has 0 bridgehead atoms. The van der Waals surface area contributed by atoms with Gasteiger partial charge in [-0.25, -0.2) is 4.39 Å². The van der Waals surface area contributed by atoms with Crippen molar-refractivity contribution in [1.82, 2.24) is 9.78 Å². The first kappa shape index (κ1) is 16.2. The number of halogens is 3. The van der Waals surface area contributed by atoms with Crippen LogP contribution in [-0.2, 0) is 19.4 Å². The molecule has 2 rings (SSSR count). The van der Waals surface area contributed by atoms with Crippen LogP contribution in [0.1, 0.15) is 35.6 Å². The Kier molecular flexibility index (Phi) is 5.17. The average molecular weight is 374 g/mol. The van der Waals surface area contributed by atoms with Crippen molar-refractivity contribution in [2.75, 3.05) is 0 Å². The van der Waals surface area contributed by atoms with E-state index < -0.39 is 5.82 Å². The SMILES string of the molecule is CCc1nn(CC)c(CC(=O)c2ccc(F)c(Br)c2)c1Cl. The summed E-state index contributed by atoms with van der Waals surface area (Å²) in [5.41, 5.74) is 1.95. The fourth-order valence-electron chi connectivity index (χ4n) is 2.11. The van der Waals surface area contributed by atoms with Gasteiger partial charge in [0.25, 0.3) is 0 Å². The van der Waals surface area contributed by atoms with Crippen LogP contribution in [0.5, 0.6) is 0 Å². The predicted molar refractivity (Wildman–Crippen MR) is 84.4 cm³/mol. The second kappa shape index (κ2) is 6.71. The number of hydrogen-bond acceptors (Lipinski definition) is 2. The third-order valence-corrected chi connectivity index (χ3v) is 4.31. The topological polar surface area (TPSA) is 34.9 Å². The van der Waals surface area contributed by atoms with Gasteiger partial charge in [-0.3, -0.25) is 9.48 Å². The molecule has 6 heteroatoms. The number of hydrogen-bond donors (Lipinski definition) is 0. The van der Waals surface area contributed by atoms with Crippen molar-refractivity contribution >= 4 is 33.3 Å². The number of nitrogens with zero attached hydrogens (tertiary/aromatic N) is 2. The van der Waals surface area contributed by atoms with E-state index in [4.69, 9.17) is 11.6 Å². The number of ketones is 1. The molecule has 0 N–H and O–H groups in total. The largest absolute Gasteiger partial charge is 0.294 e. The maximum absolute atomic E-state index is 13.2. The fraction of sp³-hybridized carbons (Fsp3) is 0.333. The lowest BCUT2D eigenvalue weighted by Crippen LogP contribution is -2.10. The first-order valence-electron chi connectivity index (χ1n) is 6.70. The van der Waals surface area contributed by atoms with E-state index in [1.807, 2.05) is 13.8 Å². The molecule has 21 heavy (non-hydrogen) atoms. The van der Waals surface area contributed by atoms with Crippen LogP contribution in [0.4, 0.5) is 4.39 Å². The Bertz CT molecular complexity index is 685. The van der Waals surface area contributed by atoms with Crippen LogP contribution in [0, 0.1) is 5.82 Å². The summed E-state index contributed by atoms with van der Waals surface area (Å²) in [5, 5.41) is 4.94. The zero-order chi connectivity index (χ0) is 15.6. The second-order valence-electron chi connectivity index (χ2n) is 4.61. The first-order valence-corrected chi connectivity index (χ1v) is 7.87. The summed E-state index contributed by atoms with van der Waals surface area (Å²) in [7, 11) is 0. The number of benzene rings is 1. The van der Waals surface area contributed by atoms with Gasteiger partial charge in [-0.05, 0) is 47.5 Å². The van der Waals surface area contributed by atoms with Gasteiger partial charge in [-0.2, -0.15) is 5.10 Å². The molecule has 0 fully saturated rings. The van der Waals surface area contributed by atoms with Crippen LogP contribution >= 0.6 is 27.5 Å². The third kappa shape index (κ3) is 3.35.